The van der Waals surface area contributed by atoms with Gasteiger partial charge in [-0.15, -0.1) is 0 Å². The van der Waals surface area contributed by atoms with Gasteiger partial charge in [0, 0.05) is 31.4 Å². The second kappa shape index (κ2) is 5.66. The van der Waals surface area contributed by atoms with Crippen LogP contribution in [-0.2, 0) is 9.47 Å². The van der Waals surface area contributed by atoms with E-state index in [1.165, 1.54) is 0 Å². The zero-order chi connectivity index (χ0) is 14.9. The average Bonchev–Trinajstić information content (AvgIpc) is 2.89. The van der Waals surface area contributed by atoms with E-state index in [0.29, 0.717) is 18.8 Å². The second-order valence-corrected chi connectivity index (χ2v) is 5.96. The lowest BCUT2D eigenvalue weighted by atomic mass is 9.91. The maximum absolute atomic E-state index is 7.54. The highest BCUT2D eigenvalue weighted by molar-refractivity contribution is 5.95. The predicted octanol–water partition coefficient (Wildman–Crippen LogP) is 2.00. The Morgan fingerprint density at radius 1 is 1.43 bits per heavy atom. The van der Waals surface area contributed by atoms with E-state index >= 15 is 0 Å². The third-order valence-electron chi connectivity index (χ3n) is 4.31. The van der Waals surface area contributed by atoms with Gasteiger partial charge < -0.3 is 19.9 Å². The standard InChI is InChI=1S/C16H22N2O3/c1-11-2-3-12(15(17)18)8-14(11)21-13-4-6-20-16(9-13)5-7-19-10-16/h2-3,8,13H,4-7,9-10H2,1H3,(H3,17,18). The summed E-state index contributed by atoms with van der Waals surface area (Å²) in [5.41, 5.74) is 7.15. The molecule has 0 radical (unpaired) electrons. The fourth-order valence-corrected chi connectivity index (χ4v) is 3.02. The number of hydrogen-bond donors (Lipinski definition) is 2. The van der Waals surface area contributed by atoms with Gasteiger partial charge >= 0.3 is 0 Å². The summed E-state index contributed by atoms with van der Waals surface area (Å²) in [6.45, 7) is 4.15. The fourth-order valence-electron chi connectivity index (χ4n) is 3.02. The minimum Gasteiger partial charge on any atom is -0.490 e. The van der Waals surface area contributed by atoms with Crippen molar-refractivity contribution in [3.8, 4) is 5.75 Å². The fraction of sp³-hybridized carbons (Fsp3) is 0.562. The van der Waals surface area contributed by atoms with Crippen molar-refractivity contribution in [2.75, 3.05) is 19.8 Å². The number of rotatable bonds is 3. The number of nitrogens with one attached hydrogen (secondary N) is 1. The molecule has 1 spiro atoms. The van der Waals surface area contributed by atoms with Gasteiger partial charge in [0.25, 0.3) is 0 Å². The maximum atomic E-state index is 7.54. The molecule has 1 aromatic rings. The van der Waals surface area contributed by atoms with Crippen LogP contribution in [0.2, 0.25) is 0 Å². The monoisotopic (exact) mass is 290 g/mol. The Bertz CT molecular complexity index is 538. The highest BCUT2D eigenvalue weighted by Gasteiger charge is 2.41. The first-order valence-corrected chi connectivity index (χ1v) is 7.41. The molecule has 2 heterocycles. The summed E-state index contributed by atoms with van der Waals surface area (Å²) in [5, 5.41) is 7.54. The molecule has 5 heteroatoms. The third kappa shape index (κ3) is 3.04. The molecule has 0 saturated carbocycles. The molecule has 5 nitrogen and oxygen atoms in total. The quantitative estimate of drug-likeness (QED) is 0.659. The topological polar surface area (TPSA) is 77.6 Å². The van der Waals surface area contributed by atoms with Crippen molar-refractivity contribution in [3.63, 3.8) is 0 Å². The number of nitrogens with two attached hydrogens (primary N) is 1. The van der Waals surface area contributed by atoms with Crippen molar-refractivity contribution < 1.29 is 14.2 Å². The van der Waals surface area contributed by atoms with Crippen molar-refractivity contribution >= 4 is 5.84 Å². The number of aryl methyl sites for hydroxylation is 1. The Hall–Kier alpha value is -1.59. The van der Waals surface area contributed by atoms with Crippen molar-refractivity contribution in [1.82, 2.24) is 0 Å². The molecule has 2 atom stereocenters. The van der Waals surface area contributed by atoms with E-state index in [2.05, 4.69) is 0 Å². The highest BCUT2D eigenvalue weighted by Crippen LogP contribution is 2.35. The van der Waals surface area contributed by atoms with Gasteiger partial charge in [-0.1, -0.05) is 12.1 Å². The Balaban J connectivity index is 1.74. The Morgan fingerprint density at radius 2 is 2.29 bits per heavy atom. The van der Waals surface area contributed by atoms with E-state index in [1.54, 1.807) is 0 Å². The molecule has 2 saturated heterocycles. The van der Waals surface area contributed by atoms with Crippen LogP contribution in [0.3, 0.4) is 0 Å². The van der Waals surface area contributed by atoms with Gasteiger partial charge in [0.2, 0.25) is 0 Å². The van der Waals surface area contributed by atoms with Gasteiger partial charge in [0.05, 0.1) is 18.8 Å². The van der Waals surface area contributed by atoms with Crippen LogP contribution >= 0.6 is 0 Å². The average molecular weight is 290 g/mol. The van der Waals surface area contributed by atoms with Gasteiger partial charge in [-0.05, 0) is 18.6 Å². The minimum absolute atomic E-state index is 0.0625. The smallest absolute Gasteiger partial charge is 0.123 e. The van der Waals surface area contributed by atoms with Crippen LogP contribution in [-0.4, -0.2) is 37.4 Å². The molecule has 3 rings (SSSR count). The normalized spacial score (nSPS) is 28.7. The van der Waals surface area contributed by atoms with Gasteiger partial charge in [-0.2, -0.15) is 0 Å². The van der Waals surface area contributed by atoms with Gasteiger partial charge in [0.1, 0.15) is 17.7 Å². The third-order valence-corrected chi connectivity index (χ3v) is 4.31. The van der Waals surface area contributed by atoms with E-state index in [-0.39, 0.29) is 17.5 Å². The summed E-state index contributed by atoms with van der Waals surface area (Å²) >= 11 is 0. The number of hydrogen-bond acceptors (Lipinski definition) is 4. The number of ether oxygens (including phenoxy) is 3. The molecule has 0 amide bonds. The largest absolute Gasteiger partial charge is 0.490 e. The van der Waals surface area contributed by atoms with Crippen LogP contribution < -0.4 is 10.5 Å². The number of amidine groups is 1. The zero-order valence-corrected chi connectivity index (χ0v) is 12.4. The SMILES string of the molecule is Cc1ccc(C(=N)N)cc1OC1CCOC2(CCOC2)C1. The molecule has 0 aliphatic carbocycles. The van der Waals surface area contributed by atoms with Crippen LogP contribution in [0.5, 0.6) is 5.75 Å². The van der Waals surface area contributed by atoms with E-state index < -0.39 is 0 Å². The molecule has 2 aliphatic rings. The van der Waals surface area contributed by atoms with Crippen LogP contribution in [0, 0.1) is 12.3 Å². The summed E-state index contributed by atoms with van der Waals surface area (Å²) in [6.07, 6.45) is 2.81. The molecule has 2 unspecified atom stereocenters. The van der Waals surface area contributed by atoms with E-state index in [1.807, 2.05) is 25.1 Å². The van der Waals surface area contributed by atoms with Gasteiger partial charge in [-0.3, -0.25) is 5.41 Å². The van der Waals surface area contributed by atoms with Crippen molar-refractivity contribution in [1.29, 1.82) is 5.41 Å². The van der Waals surface area contributed by atoms with Crippen molar-refractivity contribution in [2.24, 2.45) is 5.73 Å². The molecule has 2 fully saturated rings. The highest BCUT2D eigenvalue weighted by atomic mass is 16.6. The summed E-state index contributed by atoms with van der Waals surface area (Å²) in [4.78, 5) is 0. The molecule has 114 valence electrons. The molecular weight excluding hydrogens is 268 g/mol. The van der Waals surface area contributed by atoms with Crippen LogP contribution in [0.15, 0.2) is 18.2 Å². The lowest BCUT2D eigenvalue weighted by Gasteiger charge is -2.37. The molecule has 3 N–H and O–H groups in total. The summed E-state index contributed by atoms with van der Waals surface area (Å²) in [6, 6.07) is 5.64. The first kappa shape index (κ1) is 14.4. The zero-order valence-electron chi connectivity index (χ0n) is 12.4. The van der Waals surface area contributed by atoms with E-state index in [0.717, 1.165) is 37.2 Å². The Kier molecular flexibility index (Phi) is 3.87. The molecule has 21 heavy (non-hydrogen) atoms. The van der Waals surface area contributed by atoms with E-state index in [9.17, 15) is 0 Å². The summed E-state index contributed by atoms with van der Waals surface area (Å²) in [7, 11) is 0. The molecule has 1 aromatic carbocycles. The first-order valence-electron chi connectivity index (χ1n) is 7.41. The summed E-state index contributed by atoms with van der Waals surface area (Å²) in [5.74, 6) is 0.871. The molecule has 0 aromatic heterocycles. The molecule has 2 aliphatic heterocycles. The van der Waals surface area contributed by atoms with Crippen molar-refractivity contribution in [3.05, 3.63) is 29.3 Å². The number of nitrogen functional groups attached to an aromatic ring is 1. The van der Waals surface area contributed by atoms with Gasteiger partial charge in [-0.25, -0.2) is 0 Å². The second-order valence-electron chi connectivity index (χ2n) is 5.96. The van der Waals surface area contributed by atoms with Crippen LogP contribution in [0.1, 0.15) is 30.4 Å². The number of benzene rings is 1. The Morgan fingerprint density at radius 3 is 3.00 bits per heavy atom. The van der Waals surface area contributed by atoms with Crippen LogP contribution in [0.4, 0.5) is 0 Å². The van der Waals surface area contributed by atoms with E-state index in [4.69, 9.17) is 25.4 Å². The predicted molar refractivity (Wildman–Crippen MR) is 80.0 cm³/mol. The molecular formula is C16H22N2O3. The lowest BCUT2D eigenvalue weighted by molar-refractivity contribution is -0.112. The summed E-state index contributed by atoms with van der Waals surface area (Å²) < 4.78 is 17.6. The van der Waals surface area contributed by atoms with Crippen molar-refractivity contribution in [2.45, 2.75) is 37.9 Å². The maximum Gasteiger partial charge on any atom is 0.123 e. The minimum atomic E-state index is -0.158. The van der Waals surface area contributed by atoms with Gasteiger partial charge in [0.15, 0.2) is 0 Å². The van der Waals surface area contributed by atoms with Crippen LogP contribution in [0.25, 0.3) is 0 Å². The lowest BCUT2D eigenvalue weighted by Crippen LogP contribution is -2.44. The first-order chi connectivity index (χ1) is 10.1. The molecule has 0 bridgehead atoms. The Labute approximate surface area is 124 Å².